The molecule has 14 heteroatoms. The van der Waals surface area contributed by atoms with Crippen molar-refractivity contribution in [2.75, 3.05) is 38.5 Å². The monoisotopic (exact) mass is 677 g/mol. The van der Waals surface area contributed by atoms with Crippen molar-refractivity contribution in [3.05, 3.63) is 81.9 Å². The summed E-state index contributed by atoms with van der Waals surface area (Å²) in [4.78, 5) is 48.4. The van der Waals surface area contributed by atoms with Crippen LogP contribution in [0.1, 0.15) is 55.7 Å². The number of aromatic amines is 1. The van der Waals surface area contributed by atoms with Gasteiger partial charge in [0.15, 0.2) is 21.3 Å². The average molecular weight is 678 g/mol. The third-order valence-corrected chi connectivity index (χ3v) is 10.6. The number of amides is 2. The van der Waals surface area contributed by atoms with Crippen molar-refractivity contribution in [1.82, 2.24) is 14.9 Å². The summed E-state index contributed by atoms with van der Waals surface area (Å²) in [5.41, 5.74) is 1.97. The highest BCUT2D eigenvalue weighted by atomic mass is 32.2. The maximum atomic E-state index is 14.7. The van der Waals surface area contributed by atoms with E-state index >= 15 is 0 Å². The van der Waals surface area contributed by atoms with Crippen molar-refractivity contribution in [2.24, 2.45) is 0 Å². The van der Waals surface area contributed by atoms with Gasteiger partial charge in [0, 0.05) is 17.9 Å². The van der Waals surface area contributed by atoms with Crippen LogP contribution in [0.4, 0.5) is 16.2 Å². The molecule has 2 amide bonds. The second kappa shape index (κ2) is 13.9. The molecule has 254 valence electrons. The number of benzene rings is 3. The topological polar surface area (TPSA) is 169 Å². The standard InChI is InChI=1S/C34H39N5O8S/c1-19(2)48(43,44)30-14-11-23(38-34(42)47-6)18-25(30)27-8-7-15-39(27)33(41)31(21-9-13-28(45-4)29(16-21)46-5)37-22-10-12-26-24(17-22)32(40)36-20(3)35-26/h9-14,16-19,27,31,37H,7-8,15H2,1-6H3,(H,38,42)(H,35,36,40)/t27-,31-/m1/s1. The molecule has 2 heterocycles. The fourth-order valence-electron chi connectivity index (χ4n) is 5.92. The molecule has 0 radical (unpaired) electrons. The van der Waals surface area contributed by atoms with Gasteiger partial charge in [0.1, 0.15) is 11.9 Å². The Morgan fingerprint density at radius 3 is 2.40 bits per heavy atom. The van der Waals surface area contributed by atoms with Crippen LogP contribution in [0.2, 0.25) is 0 Å². The Labute approximate surface area is 278 Å². The number of H-pyrrole nitrogens is 1. The lowest BCUT2D eigenvalue weighted by Crippen LogP contribution is -2.38. The smallest absolute Gasteiger partial charge is 0.411 e. The van der Waals surface area contributed by atoms with Gasteiger partial charge in [0.2, 0.25) is 5.91 Å². The Kier molecular flexibility index (Phi) is 9.94. The van der Waals surface area contributed by atoms with Gasteiger partial charge in [-0.15, -0.1) is 0 Å². The molecular weight excluding hydrogens is 638 g/mol. The van der Waals surface area contributed by atoms with Crippen LogP contribution < -0.4 is 25.7 Å². The molecule has 1 saturated heterocycles. The van der Waals surface area contributed by atoms with Crippen molar-refractivity contribution in [1.29, 1.82) is 0 Å². The number of likely N-dealkylation sites (tertiary alicyclic amines) is 1. The Hall–Kier alpha value is -5.11. The minimum atomic E-state index is -3.78. The number of fused-ring (bicyclic) bond motifs is 1. The molecule has 5 rings (SSSR count). The van der Waals surface area contributed by atoms with Gasteiger partial charge in [0.05, 0.1) is 48.4 Å². The van der Waals surface area contributed by atoms with Crippen LogP contribution in [-0.2, 0) is 19.4 Å². The van der Waals surface area contributed by atoms with Crippen molar-refractivity contribution in [3.8, 4) is 11.5 Å². The zero-order chi connectivity index (χ0) is 34.7. The summed E-state index contributed by atoms with van der Waals surface area (Å²) in [6.45, 7) is 5.25. The van der Waals surface area contributed by atoms with Gasteiger partial charge in [-0.1, -0.05) is 6.07 Å². The van der Waals surface area contributed by atoms with E-state index in [1.54, 1.807) is 68.1 Å². The van der Waals surface area contributed by atoms with Crippen LogP contribution in [0.15, 0.2) is 64.3 Å². The Bertz CT molecular complexity index is 2030. The van der Waals surface area contributed by atoms with Crippen molar-refractivity contribution >= 4 is 44.1 Å². The number of sulfone groups is 1. The van der Waals surface area contributed by atoms with Gasteiger partial charge in [0.25, 0.3) is 5.56 Å². The fraction of sp³-hybridized carbons (Fsp3) is 0.353. The number of carbonyl (C=O) groups is 2. The highest BCUT2D eigenvalue weighted by Gasteiger charge is 2.38. The molecule has 1 aromatic heterocycles. The van der Waals surface area contributed by atoms with E-state index in [-0.39, 0.29) is 16.4 Å². The highest BCUT2D eigenvalue weighted by molar-refractivity contribution is 7.92. The van der Waals surface area contributed by atoms with Gasteiger partial charge < -0.3 is 29.4 Å². The van der Waals surface area contributed by atoms with Gasteiger partial charge in [-0.25, -0.2) is 18.2 Å². The fourth-order valence-corrected chi connectivity index (χ4v) is 7.21. The first-order valence-electron chi connectivity index (χ1n) is 15.4. The number of aryl methyl sites for hydroxylation is 1. The number of ether oxygens (including phenoxy) is 3. The molecule has 3 aromatic carbocycles. The maximum Gasteiger partial charge on any atom is 0.411 e. The van der Waals surface area contributed by atoms with E-state index in [1.807, 2.05) is 0 Å². The van der Waals surface area contributed by atoms with E-state index in [9.17, 15) is 22.8 Å². The lowest BCUT2D eigenvalue weighted by atomic mass is 10.0. The maximum absolute atomic E-state index is 14.7. The van der Waals surface area contributed by atoms with Crippen molar-refractivity contribution < 1.29 is 32.2 Å². The van der Waals surface area contributed by atoms with E-state index in [2.05, 4.69) is 20.6 Å². The number of carbonyl (C=O) groups excluding carboxylic acids is 2. The van der Waals surface area contributed by atoms with E-state index < -0.39 is 33.3 Å². The number of hydrogen-bond acceptors (Lipinski definition) is 10. The van der Waals surface area contributed by atoms with Gasteiger partial charge in [-0.3, -0.25) is 14.9 Å². The number of hydrogen-bond donors (Lipinski definition) is 3. The number of anilines is 2. The third-order valence-electron chi connectivity index (χ3n) is 8.39. The molecule has 1 aliphatic rings. The van der Waals surface area contributed by atoms with Crippen LogP contribution >= 0.6 is 0 Å². The summed E-state index contributed by atoms with van der Waals surface area (Å²) < 4.78 is 42.9. The lowest BCUT2D eigenvalue weighted by molar-refractivity contribution is -0.133. The number of nitrogens with zero attached hydrogens (tertiary/aromatic N) is 2. The predicted octanol–water partition coefficient (Wildman–Crippen LogP) is 5.13. The minimum absolute atomic E-state index is 0.0878. The molecule has 1 aliphatic heterocycles. The Morgan fingerprint density at radius 2 is 1.71 bits per heavy atom. The molecular formula is C34H39N5O8S. The molecule has 3 N–H and O–H groups in total. The largest absolute Gasteiger partial charge is 0.493 e. The Morgan fingerprint density at radius 1 is 0.979 bits per heavy atom. The summed E-state index contributed by atoms with van der Waals surface area (Å²) in [7, 11) is 0.469. The summed E-state index contributed by atoms with van der Waals surface area (Å²) in [5, 5.41) is 5.54. The minimum Gasteiger partial charge on any atom is -0.493 e. The molecule has 1 fully saturated rings. The molecule has 0 bridgehead atoms. The van der Waals surface area contributed by atoms with Crippen molar-refractivity contribution in [3.63, 3.8) is 0 Å². The van der Waals surface area contributed by atoms with Crippen LogP contribution in [0, 0.1) is 6.92 Å². The van der Waals surface area contributed by atoms with Gasteiger partial charge in [-0.2, -0.15) is 0 Å². The van der Waals surface area contributed by atoms with Crippen LogP contribution in [0.25, 0.3) is 10.9 Å². The number of methoxy groups -OCH3 is 3. The first kappa shape index (κ1) is 34.2. The summed E-state index contributed by atoms with van der Waals surface area (Å²) in [6.07, 6.45) is 0.390. The summed E-state index contributed by atoms with van der Waals surface area (Å²) >= 11 is 0. The molecule has 2 atom stereocenters. The first-order chi connectivity index (χ1) is 22.9. The molecule has 0 aliphatic carbocycles. The lowest BCUT2D eigenvalue weighted by Gasteiger charge is -2.32. The Balaban J connectivity index is 1.61. The van der Waals surface area contributed by atoms with Gasteiger partial charge >= 0.3 is 6.09 Å². The number of rotatable bonds is 10. The van der Waals surface area contributed by atoms with E-state index in [0.29, 0.717) is 70.1 Å². The highest BCUT2D eigenvalue weighted by Crippen LogP contribution is 2.41. The average Bonchev–Trinajstić information content (AvgIpc) is 3.56. The zero-order valence-corrected chi connectivity index (χ0v) is 28.4. The molecule has 13 nitrogen and oxygen atoms in total. The predicted molar refractivity (Wildman–Crippen MR) is 181 cm³/mol. The number of nitrogens with one attached hydrogen (secondary N) is 3. The van der Waals surface area contributed by atoms with E-state index in [1.165, 1.54) is 33.5 Å². The normalized spacial score (nSPS) is 15.3. The number of aromatic nitrogens is 2. The molecule has 4 aromatic rings. The molecule has 0 saturated carbocycles. The van der Waals surface area contributed by atoms with E-state index in [4.69, 9.17) is 14.2 Å². The molecule has 0 unspecified atom stereocenters. The van der Waals surface area contributed by atoms with Crippen LogP contribution in [0.3, 0.4) is 0 Å². The summed E-state index contributed by atoms with van der Waals surface area (Å²) in [5.74, 6) is 1.04. The SMILES string of the molecule is COC(=O)Nc1ccc(S(=O)(=O)C(C)C)c([C@H]2CCCN2C(=O)[C@H](Nc2ccc3nc(C)[nH]c(=O)c3c2)c2ccc(OC)c(OC)c2)c1. The van der Waals surface area contributed by atoms with Crippen LogP contribution in [0.5, 0.6) is 11.5 Å². The third kappa shape index (κ3) is 6.79. The molecule has 0 spiro atoms. The van der Waals surface area contributed by atoms with Gasteiger partial charge in [-0.05, 0) is 93.3 Å². The van der Waals surface area contributed by atoms with Crippen LogP contribution in [-0.4, -0.2) is 68.4 Å². The zero-order valence-electron chi connectivity index (χ0n) is 27.6. The molecule has 48 heavy (non-hydrogen) atoms. The second-order valence-electron chi connectivity index (χ2n) is 11.7. The van der Waals surface area contributed by atoms with E-state index in [0.717, 1.165) is 0 Å². The summed E-state index contributed by atoms with van der Waals surface area (Å²) in [6, 6.07) is 13.2. The van der Waals surface area contributed by atoms with Crippen molar-refractivity contribution in [2.45, 2.75) is 55.8 Å². The second-order valence-corrected chi connectivity index (χ2v) is 14.2. The quantitative estimate of drug-likeness (QED) is 0.205. The first-order valence-corrected chi connectivity index (χ1v) is 16.9.